The van der Waals surface area contributed by atoms with Gasteiger partial charge in [0.15, 0.2) is 17.6 Å². The average Bonchev–Trinajstić information content (AvgIpc) is 3.10. The largest absolute Gasteiger partial charge is 0.370 e. The Morgan fingerprint density at radius 2 is 1.88 bits per heavy atom. The zero-order valence-corrected chi connectivity index (χ0v) is 12.8. The van der Waals surface area contributed by atoms with E-state index in [4.69, 9.17) is 11.5 Å². The quantitative estimate of drug-likeness (QED) is 0.252. The van der Waals surface area contributed by atoms with Crippen LogP contribution < -0.4 is 16.8 Å². The predicted octanol–water partition coefficient (Wildman–Crippen LogP) is -3.80. The summed E-state index contributed by atoms with van der Waals surface area (Å²) in [7, 11) is 0. The first-order chi connectivity index (χ1) is 11.3. The van der Waals surface area contributed by atoms with Gasteiger partial charge in [-0.1, -0.05) is 0 Å². The highest BCUT2D eigenvalue weighted by Crippen LogP contribution is 2.44. The number of nitrogens with one attached hydrogen (secondary N) is 1. The van der Waals surface area contributed by atoms with Crippen LogP contribution in [0, 0.1) is 0 Å². The molecule has 3 atom stereocenters. The Morgan fingerprint density at radius 3 is 2.54 bits per heavy atom. The minimum atomic E-state index is -2.14. The summed E-state index contributed by atoms with van der Waals surface area (Å²) in [5.41, 5.74) is 10.3. The molecule has 0 radical (unpaired) electrons. The number of carbonyl (C=O) groups is 2. The van der Waals surface area contributed by atoms with E-state index in [1.807, 2.05) is 0 Å². The first kappa shape index (κ1) is 15.1. The van der Waals surface area contributed by atoms with E-state index in [9.17, 15) is 19.8 Å². The average molecular weight is 337 g/mol. The molecule has 4 aliphatic heterocycles. The van der Waals surface area contributed by atoms with Crippen LogP contribution in [-0.4, -0.2) is 80.4 Å². The van der Waals surface area contributed by atoms with Gasteiger partial charge in [0.25, 0.3) is 0 Å². The molecule has 1 unspecified atom stereocenters. The molecule has 11 nitrogen and oxygen atoms in total. The number of likely N-dealkylation sites (tertiary alicyclic amines) is 1. The number of guanidine groups is 2. The van der Waals surface area contributed by atoms with Gasteiger partial charge in [-0.05, 0) is 0 Å². The number of nitrogens with zero attached hydrogens (tertiary/aromatic N) is 4. The van der Waals surface area contributed by atoms with Crippen molar-refractivity contribution in [3.05, 3.63) is 0 Å². The Morgan fingerprint density at radius 1 is 1.21 bits per heavy atom. The maximum absolute atomic E-state index is 11.9. The Balaban J connectivity index is 1.73. The monoisotopic (exact) mass is 337 g/mol. The van der Waals surface area contributed by atoms with Crippen LogP contribution in [0.5, 0.6) is 0 Å². The molecular formula is C13H19N7O4. The van der Waals surface area contributed by atoms with Crippen molar-refractivity contribution >= 4 is 23.7 Å². The Bertz CT molecular complexity index is 674. The first-order valence-corrected chi connectivity index (χ1v) is 7.76. The molecule has 1 spiro atoms. The SMILES string of the molecule is NC1=N[C@H]2C(CN3C(=O)CCC3=O)N=C(N)N3CCC(O)(O)[C@]23N1. The molecule has 4 heterocycles. The Labute approximate surface area is 137 Å². The highest BCUT2D eigenvalue weighted by Gasteiger charge is 2.69. The summed E-state index contributed by atoms with van der Waals surface area (Å²) in [5, 5.41) is 23.9. The summed E-state index contributed by atoms with van der Waals surface area (Å²) in [4.78, 5) is 35.0. The van der Waals surface area contributed by atoms with Gasteiger partial charge >= 0.3 is 0 Å². The number of hydrogen-bond donors (Lipinski definition) is 5. The van der Waals surface area contributed by atoms with Gasteiger partial charge in [0.05, 0.1) is 12.6 Å². The number of amides is 2. The zero-order valence-electron chi connectivity index (χ0n) is 12.8. The van der Waals surface area contributed by atoms with Gasteiger partial charge in [0.2, 0.25) is 17.6 Å². The Hall–Kier alpha value is -2.40. The summed E-state index contributed by atoms with van der Waals surface area (Å²) in [6.45, 7) is 0.246. The van der Waals surface area contributed by atoms with Crippen molar-refractivity contribution in [3.8, 4) is 0 Å². The van der Waals surface area contributed by atoms with Crippen LogP contribution in [-0.2, 0) is 9.59 Å². The molecule has 0 saturated carbocycles. The zero-order chi connectivity index (χ0) is 17.3. The molecule has 130 valence electrons. The summed E-state index contributed by atoms with van der Waals surface area (Å²) >= 11 is 0. The van der Waals surface area contributed by atoms with Crippen LogP contribution in [0.2, 0.25) is 0 Å². The van der Waals surface area contributed by atoms with Gasteiger partial charge in [-0.15, -0.1) is 0 Å². The molecule has 11 heteroatoms. The van der Waals surface area contributed by atoms with Crippen molar-refractivity contribution < 1.29 is 19.8 Å². The molecule has 0 bridgehead atoms. The lowest BCUT2D eigenvalue weighted by molar-refractivity contribution is -0.221. The van der Waals surface area contributed by atoms with Crippen LogP contribution in [0.25, 0.3) is 0 Å². The second-order valence-corrected chi connectivity index (χ2v) is 6.52. The lowest BCUT2D eigenvalue weighted by Gasteiger charge is -2.49. The van der Waals surface area contributed by atoms with Crippen molar-refractivity contribution in [2.75, 3.05) is 13.1 Å². The molecule has 0 aromatic carbocycles. The number of nitrogens with two attached hydrogens (primary N) is 2. The lowest BCUT2D eigenvalue weighted by Crippen LogP contribution is -2.76. The maximum atomic E-state index is 11.9. The summed E-state index contributed by atoms with van der Waals surface area (Å²) in [5.74, 6) is -2.57. The topological polar surface area (TPSA) is 170 Å². The van der Waals surface area contributed by atoms with E-state index >= 15 is 0 Å². The summed E-state index contributed by atoms with van der Waals surface area (Å²) < 4.78 is 0. The predicted molar refractivity (Wildman–Crippen MR) is 81.1 cm³/mol. The van der Waals surface area contributed by atoms with Crippen molar-refractivity contribution in [3.63, 3.8) is 0 Å². The fraction of sp³-hybridized carbons (Fsp3) is 0.692. The van der Waals surface area contributed by atoms with Crippen molar-refractivity contribution in [1.29, 1.82) is 0 Å². The molecule has 2 fully saturated rings. The number of imide groups is 1. The molecule has 2 saturated heterocycles. The normalized spacial score (nSPS) is 37.1. The van der Waals surface area contributed by atoms with E-state index in [0.29, 0.717) is 0 Å². The van der Waals surface area contributed by atoms with Gasteiger partial charge in [0.1, 0.15) is 6.04 Å². The van der Waals surface area contributed by atoms with Crippen LogP contribution in [0.1, 0.15) is 19.3 Å². The molecule has 4 aliphatic rings. The van der Waals surface area contributed by atoms with Crippen LogP contribution in [0.3, 0.4) is 0 Å². The second kappa shape index (κ2) is 4.57. The van der Waals surface area contributed by atoms with Crippen LogP contribution in [0.4, 0.5) is 0 Å². The number of hydrogen-bond acceptors (Lipinski definition) is 10. The van der Waals surface area contributed by atoms with E-state index in [-0.39, 0.29) is 56.1 Å². The van der Waals surface area contributed by atoms with Gasteiger partial charge in [-0.2, -0.15) is 0 Å². The van der Waals surface area contributed by atoms with Crippen molar-refractivity contribution in [2.45, 2.75) is 42.8 Å². The first-order valence-electron chi connectivity index (χ1n) is 7.76. The molecular weight excluding hydrogens is 318 g/mol. The van der Waals surface area contributed by atoms with E-state index in [1.54, 1.807) is 0 Å². The highest BCUT2D eigenvalue weighted by molar-refractivity contribution is 6.02. The lowest BCUT2D eigenvalue weighted by atomic mass is 9.86. The van der Waals surface area contributed by atoms with E-state index in [1.165, 1.54) is 4.90 Å². The minimum Gasteiger partial charge on any atom is -0.370 e. The molecule has 7 N–H and O–H groups in total. The molecule has 0 aliphatic carbocycles. The van der Waals surface area contributed by atoms with Crippen LogP contribution in [0.15, 0.2) is 9.98 Å². The minimum absolute atomic E-state index is 0.0207. The molecule has 0 aromatic rings. The molecule has 4 rings (SSSR count). The fourth-order valence-electron chi connectivity index (χ4n) is 4.08. The number of aliphatic hydroxyl groups is 2. The maximum Gasteiger partial charge on any atom is 0.229 e. The van der Waals surface area contributed by atoms with Gasteiger partial charge in [-0.3, -0.25) is 14.5 Å². The van der Waals surface area contributed by atoms with Gasteiger partial charge in [0, 0.05) is 25.8 Å². The molecule has 24 heavy (non-hydrogen) atoms. The highest BCUT2D eigenvalue weighted by atomic mass is 16.5. The van der Waals surface area contributed by atoms with E-state index < -0.39 is 23.5 Å². The van der Waals surface area contributed by atoms with Crippen LogP contribution >= 0.6 is 0 Å². The van der Waals surface area contributed by atoms with E-state index in [2.05, 4.69) is 15.3 Å². The molecule has 0 aromatic heterocycles. The number of rotatable bonds is 2. The van der Waals surface area contributed by atoms with Crippen molar-refractivity contribution in [2.24, 2.45) is 21.5 Å². The molecule has 2 amide bonds. The number of carbonyl (C=O) groups excluding carboxylic acids is 2. The summed E-state index contributed by atoms with van der Waals surface area (Å²) in [6, 6.07) is -1.50. The fourth-order valence-corrected chi connectivity index (χ4v) is 4.08. The van der Waals surface area contributed by atoms with Gasteiger partial charge < -0.3 is 31.9 Å². The second-order valence-electron chi connectivity index (χ2n) is 6.52. The third-order valence-corrected chi connectivity index (χ3v) is 5.21. The number of aliphatic imine (C=N–C) groups is 2. The smallest absolute Gasteiger partial charge is 0.229 e. The summed E-state index contributed by atoms with van der Waals surface area (Å²) in [6.07, 6.45) is 0.365. The third-order valence-electron chi connectivity index (χ3n) is 5.21. The van der Waals surface area contributed by atoms with Gasteiger partial charge in [-0.25, -0.2) is 9.98 Å². The standard InChI is InChI=1S/C13H19N7O4/c14-10-17-9-6(5-19-7(21)1-2-8(19)22)16-11(15)20-4-3-12(23,24)13(9,20)18-10/h6,9,23-24H,1-5H2,(H2,15,16)(H3,14,17,18)/t6?,9-,13-/m0/s1. The Kier molecular flexibility index (Phi) is 2.89. The van der Waals surface area contributed by atoms with Crippen molar-refractivity contribution in [1.82, 2.24) is 15.1 Å². The third kappa shape index (κ3) is 1.73. The van der Waals surface area contributed by atoms with E-state index in [0.717, 1.165) is 4.90 Å².